The van der Waals surface area contributed by atoms with E-state index >= 15 is 0 Å². The average Bonchev–Trinajstić information content (AvgIpc) is 3.21. The van der Waals surface area contributed by atoms with E-state index in [4.69, 9.17) is 9.47 Å². The van der Waals surface area contributed by atoms with Crippen molar-refractivity contribution < 1.29 is 14.3 Å². The summed E-state index contributed by atoms with van der Waals surface area (Å²) < 4.78 is 12.1. The summed E-state index contributed by atoms with van der Waals surface area (Å²) in [7, 11) is 0. The summed E-state index contributed by atoms with van der Waals surface area (Å²) in [6, 6.07) is 5.09. The van der Waals surface area contributed by atoms with Crippen molar-refractivity contribution in [3.63, 3.8) is 0 Å². The quantitative estimate of drug-likeness (QED) is 0.779. The number of carbonyl (C=O) groups excluding carboxylic acids is 1. The molecule has 4 rings (SSSR count). The van der Waals surface area contributed by atoms with Crippen LogP contribution in [-0.4, -0.2) is 32.5 Å². The summed E-state index contributed by atoms with van der Waals surface area (Å²) in [5.41, 5.74) is 0.517. The van der Waals surface area contributed by atoms with E-state index in [0.717, 1.165) is 10.8 Å². The van der Waals surface area contributed by atoms with Crippen molar-refractivity contribution in [3.8, 4) is 11.5 Å². The molecule has 0 atom stereocenters. The third-order valence-electron chi connectivity index (χ3n) is 3.22. The van der Waals surface area contributed by atoms with Gasteiger partial charge in [0.05, 0.1) is 6.54 Å². The number of nitrogens with zero attached hydrogens (tertiary/aromatic N) is 4. The SMILES string of the molecule is Cc1nnc2sc(CNC(=O)c3ccc4c(c3)OCO4)nn12. The molecule has 0 bridgehead atoms. The summed E-state index contributed by atoms with van der Waals surface area (Å²) in [5.74, 6) is 1.77. The number of amides is 1. The monoisotopic (exact) mass is 317 g/mol. The minimum Gasteiger partial charge on any atom is -0.454 e. The maximum atomic E-state index is 12.2. The van der Waals surface area contributed by atoms with E-state index in [2.05, 4.69) is 20.6 Å². The molecule has 9 heteroatoms. The zero-order chi connectivity index (χ0) is 15.1. The van der Waals surface area contributed by atoms with Crippen LogP contribution in [0.3, 0.4) is 0 Å². The highest BCUT2D eigenvalue weighted by Crippen LogP contribution is 2.32. The third-order valence-corrected chi connectivity index (χ3v) is 4.12. The molecule has 1 N–H and O–H groups in total. The lowest BCUT2D eigenvalue weighted by atomic mass is 10.2. The zero-order valence-electron chi connectivity index (χ0n) is 11.6. The largest absolute Gasteiger partial charge is 0.454 e. The summed E-state index contributed by atoms with van der Waals surface area (Å²) in [6.45, 7) is 2.35. The molecule has 0 fully saturated rings. The van der Waals surface area contributed by atoms with Gasteiger partial charge < -0.3 is 14.8 Å². The Labute approximate surface area is 128 Å². The van der Waals surface area contributed by atoms with Gasteiger partial charge >= 0.3 is 0 Å². The molecule has 0 radical (unpaired) electrons. The molecule has 0 aliphatic carbocycles. The Balaban J connectivity index is 1.47. The van der Waals surface area contributed by atoms with Crippen LogP contribution >= 0.6 is 11.3 Å². The Hall–Kier alpha value is -2.68. The van der Waals surface area contributed by atoms with Crippen LogP contribution in [0.1, 0.15) is 21.2 Å². The lowest BCUT2D eigenvalue weighted by molar-refractivity contribution is 0.0950. The second-order valence-electron chi connectivity index (χ2n) is 4.69. The van der Waals surface area contributed by atoms with Crippen LogP contribution in [-0.2, 0) is 6.54 Å². The number of hydrogen-bond donors (Lipinski definition) is 1. The number of ether oxygens (including phenoxy) is 2. The van der Waals surface area contributed by atoms with E-state index in [1.54, 1.807) is 22.7 Å². The number of nitrogens with one attached hydrogen (secondary N) is 1. The zero-order valence-corrected chi connectivity index (χ0v) is 12.4. The molecule has 3 aromatic rings. The Kier molecular flexibility index (Phi) is 2.93. The fourth-order valence-electron chi connectivity index (χ4n) is 2.12. The van der Waals surface area contributed by atoms with Crippen LogP contribution in [0.25, 0.3) is 4.96 Å². The molecule has 2 aromatic heterocycles. The van der Waals surface area contributed by atoms with E-state index in [9.17, 15) is 4.79 Å². The van der Waals surface area contributed by atoms with Crippen LogP contribution in [0.2, 0.25) is 0 Å². The normalized spacial score (nSPS) is 12.8. The Morgan fingerprint density at radius 3 is 3.09 bits per heavy atom. The second-order valence-corrected chi connectivity index (χ2v) is 5.73. The maximum Gasteiger partial charge on any atom is 0.251 e. The van der Waals surface area contributed by atoms with E-state index in [0.29, 0.717) is 28.6 Å². The van der Waals surface area contributed by atoms with E-state index in [1.165, 1.54) is 11.3 Å². The Bertz CT molecular complexity index is 872. The van der Waals surface area contributed by atoms with Crippen molar-refractivity contribution in [2.45, 2.75) is 13.5 Å². The van der Waals surface area contributed by atoms with Crippen LogP contribution in [0.4, 0.5) is 0 Å². The molecule has 1 aliphatic heterocycles. The molecule has 3 heterocycles. The van der Waals surface area contributed by atoms with Crippen LogP contribution in [0, 0.1) is 6.92 Å². The molecule has 1 amide bonds. The predicted octanol–water partition coefficient (Wildman–Crippen LogP) is 1.15. The number of hydrogen-bond acceptors (Lipinski definition) is 7. The topological polar surface area (TPSA) is 90.6 Å². The predicted molar refractivity (Wildman–Crippen MR) is 77.1 cm³/mol. The fraction of sp³-hybridized carbons (Fsp3) is 0.231. The Morgan fingerprint density at radius 1 is 1.36 bits per heavy atom. The number of fused-ring (bicyclic) bond motifs is 2. The van der Waals surface area contributed by atoms with Crippen LogP contribution in [0.5, 0.6) is 11.5 Å². The van der Waals surface area contributed by atoms with Gasteiger partial charge in [-0.15, -0.1) is 10.2 Å². The van der Waals surface area contributed by atoms with Crippen molar-refractivity contribution in [1.29, 1.82) is 0 Å². The molecular weight excluding hydrogens is 306 g/mol. The van der Waals surface area contributed by atoms with Crippen molar-refractivity contribution in [2.24, 2.45) is 0 Å². The molecule has 0 saturated carbocycles. The fourth-order valence-corrected chi connectivity index (χ4v) is 2.94. The first-order valence-corrected chi connectivity index (χ1v) is 7.38. The van der Waals surface area contributed by atoms with Gasteiger partial charge in [-0.3, -0.25) is 4.79 Å². The smallest absolute Gasteiger partial charge is 0.251 e. The van der Waals surface area contributed by atoms with Gasteiger partial charge in [-0.2, -0.15) is 9.61 Å². The molecule has 22 heavy (non-hydrogen) atoms. The molecule has 0 spiro atoms. The molecule has 1 aromatic carbocycles. The molecular formula is C13H11N5O3S. The highest BCUT2D eigenvalue weighted by molar-refractivity contribution is 7.16. The van der Waals surface area contributed by atoms with Crippen LogP contribution in [0.15, 0.2) is 18.2 Å². The van der Waals surface area contributed by atoms with Gasteiger partial charge in [-0.25, -0.2) is 0 Å². The number of benzene rings is 1. The van der Waals surface area contributed by atoms with Gasteiger partial charge in [0.1, 0.15) is 5.01 Å². The lowest BCUT2D eigenvalue weighted by Gasteiger charge is -2.04. The van der Waals surface area contributed by atoms with Crippen molar-refractivity contribution >= 4 is 22.2 Å². The van der Waals surface area contributed by atoms with Gasteiger partial charge in [-0.1, -0.05) is 11.3 Å². The first-order valence-electron chi connectivity index (χ1n) is 6.56. The summed E-state index contributed by atoms with van der Waals surface area (Å²) in [6.07, 6.45) is 0. The molecule has 0 unspecified atom stereocenters. The van der Waals surface area contributed by atoms with E-state index in [-0.39, 0.29) is 12.7 Å². The van der Waals surface area contributed by atoms with E-state index in [1.807, 2.05) is 6.92 Å². The first kappa shape index (κ1) is 13.0. The lowest BCUT2D eigenvalue weighted by Crippen LogP contribution is -2.22. The van der Waals surface area contributed by atoms with Gasteiger partial charge in [0.15, 0.2) is 17.3 Å². The van der Waals surface area contributed by atoms with Gasteiger partial charge in [0.2, 0.25) is 11.8 Å². The van der Waals surface area contributed by atoms with E-state index < -0.39 is 0 Å². The van der Waals surface area contributed by atoms with Gasteiger partial charge in [0.25, 0.3) is 5.91 Å². The van der Waals surface area contributed by atoms with Crippen molar-refractivity contribution in [2.75, 3.05) is 6.79 Å². The minimum atomic E-state index is -0.194. The van der Waals surface area contributed by atoms with Crippen molar-refractivity contribution in [3.05, 3.63) is 34.6 Å². The number of aromatic nitrogens is 4. The van der Waals surface area contributed by atoms with Gasteiger partial charge in [-0.05, 0) is 25.1 Å². The average molecular weight is 317 g/mol. The minimum absolute atomic E-state index is 0.187. The molecule has 112 valence electrons. The molecule has 8 nitrogen and oxygen atoms in total. The van der Waals surface area contributed by atoms with Crippen LogP contribution < -0.4 is 14.8 Å². The van der Waals surface area contributed by atoms with Gasteiger partial charge in [0, 0.05) is 5.56 Å². The molecule has 0 saturated heterocycles. The van der Waals surface area contributed by atoms with Crippen molar-refractivity contribution in [1.82, 2.24) is 25.1 Å². The number of aryl methyl sites for hydroxylation is 1. The summed E-state index contributed by atoms with van der Waals surface area (Å²) in [5, 5.41) is 15.9. The third kappa shape index (κ3) is 2.15. The number of carbonyl (C=O) groups is 1. The Morgan fingerprint density at radius 2 is 2.23 bits per heavy atom. The summed E-state index contributed by atoms with van der Waals surface area (Å²) in [4.78, 5) is 12.9. The summed E-state index contributed by atoms with van der Waals surface area (Å²) >= 11 is 1.39. The highest BCUT2D eigenvalue weighted by Gasteiger charge is 2.16. The standard InChI is InChI=1S/C13H11N5O3S/c1-7-15-16-13-18(7)17-11(22-13)5-14-12(19)8-2-3-9-10(4-8)21-6-20-9/h2-4H,5-6H2,1H3,(H,14,19). The maximum absolute atomic E-state index is 12.2. The second kappa shape index (κ2) is 4.95. The first-order chi connectivity index (χ1) is 10.7. The highest BCUT2D eigenvalue weighted by atomic mass is 32.1. The number of rotatable bonds is 3. The molecule has 1 aliphatic rings.